The van der Waals surface area contributed by atoms with Gasteiger partial charge < -0.3 is 20.5 Å². The van der Waals surface area contributed by atoms with E-state index in [2.05, 4.69) is 5.32 Å². The van der Waals surface area contributed by atoms with Crippen molar-refractivity contribution < 1.29 is 14.3 Å². The van der Waals surface area contributed by atoms with Crippen LogP contribution in [0, 0.1) is 0 Å². The van der Waals surface area contributed by atoms with E-state index in [4.69, 9.17) is 26.8 Å². The molecular weight excluding hydrogens is 268 g/mol. The average molecular weight is 285 g/mol. The molecule has 1 heterocycles. The van der Waals surface area contributed by atoms with E-state index >= 15 is 0 Å². The van der Waals surface area contributed by atoms with E-state index in [1.807, 2.05) is 12.1 Å². The largest absolute Gasteiger partial charge is 0.489 e. The second-order valence-corrected chi connectivity index (χ2v) is 4.76. The molecule has 1 amide bonds. The SMILES string of the molecule is NC(=O)CCNCc1cc(Cl)c2c(c1)OCCCO2. The van der Waals surface area contributed by atoms with E-state index in [1.54, 1.807) is 0 Å². The Morgan fingerprint density at radius 1 is 1.37 bits per heavy atom. The molecule has 1 aromatic rings. The van der Waals surface area contributed by atoms with Crippen molar-refractivity contribution >= 4 is 17.5 Å². The number of halogens is 1. The molecule has 104 valence electrons. The van der Waals surface area contributed by atoms with E-state index in [0.717, 1.165) is 12.0 Å². The van der Waals surface area contributed by atoms with Crippen molar-refractivity contribution in [2.75, 3.05) is 19.8 Å². The number of ether oxygens (including phenoxy) is 2. The standard InChI is InChI=1S/C13H17ClN2O3/c14-10-6-9(8-16-3-2-12(15)17)7-11-13(10)19-5-1-4-18-11/h6-7,16H,1-5,8H2,(H2,15,17). The highest BCUT2D eigenvalue weighted by Gasteiger charge is 2.15. The first-order chi connectivity index (χ1) is 9.16. The average Bonchev–Trinajstić information content (AvgIpc) is 2.60. The molecule has 0 radical (unpaired) electrons. The van der Waals surface area contributed by atoms with Gasteiger partial charge in [0.25, 0.3) is 0 Å². The number of rotatable bonds is 5. The van der Waals surface area contributed by atoms with Crippen LogP contribution in [0.4, 0.5) is 0 Å². The number of hydrogen-bond donors (Lipinski definition) is 2. The zero-order chi connectivity index (χ0) is 13.7. The Labute approximate surface area is 117 Å². The van der Waals surface area contributed by atoms with E-state index in [-0.39, 0.29) is 5.91 Å². The number of fused-ring (bicyclic) bond motifs is 1. The maximum Gasteiger partial charge on any atom is 0.218 e. The minimum absolute atomic E-state index is 0.316. The van der Waals surface area contributed by atoms with Crippen LogP contribution in [-0.4, -0.2) is 25.7 Å². The molecule has 1 aliphatic heterocycles. The molecule has 3 N–H and O–H groups in total. The maximum absolute atomic E-state index is 10.6. The summed E-state index contributed by atoms with van der Waals surface area (Å²) in [5.74, 6) is 0.973. The van der Waals surface area contributed by atoms with E-state index in [1.165, 1.54) is 0 Å². The van der Waals surface area contributed by atoms with Crippen LogP contribution in [0.15, 0.2) is 12.1 Å². The Morgan fingerprint density at radius 3 is 2.95 bits per heavy atom. The van der Waals surface area contributed by atoms with Gasteiger partial charge in [0.15, 0.2) is 11.5 Å². The summed E-state index contributed by atoms with van der Waals surface area (Å²) < 4.78 is 11.2. The lowest BCUT2D eigenvalue weighted by atomic mass is 10.2. The molecule has 0 saturated carbocycles. The van der Waals surface area contributed by atoms with Gasteiger partial charge >= 0.3 is 0 Å². The van der Waals surface area contributed by atoms with Gasteiger partial charge in [-0.3, -0.25) is 4.79 Å². The zero-order valence-corrected chi connectivity index (χ0v) is 11.3. The van der Waals surface area contributed by atoms with Crippen LogP contribution in [0.2, 0.25) is 5.02 Å². The normalized spacial score (nSPS) is 13.9. The molecule has 2 rings (SSSR count). The molecular formula is C13H17ClN2O3. The Hall–Kier alpha value is -1.46. The summed E-state index contributed by atoms with van der Waals surface area (Å²) in [6.45, 7) is 2.38. The van der Waals surface area contributed by atoms with Crippen molar-refractivity contribution in [3.8, 4) is 11.5 Å². The van der Waals surface area contributed by atoms with Gasteiger partial charge in [0.1, 0.15) is 0 Å². The quantitative estimate of drug-likeness (QED) is 0.803. The van der Waals surface area contributed by atoms with Gasteiger partial charge in [-0.05, 0) is 17.7 Å². The lowest BCUT2D eigenvalue weighted by molar-refractivity contribution is -0.117. The molecule has 5 nitrogen and oxygen atoms in total. The van der Waals surface area contributed by atoms with Crippen molar-refractivity contribution in [1.82, 2.24) is 5.32 Å². The van der Waals surface area contributed by atoms with Crippen molar-refractivity contribution in [2.45, 2.75) is 19.4 Å². The number of nitrogens with one attached hydrogen (secondary N) is 1. The van der Waals surface area contributed by atoms with Gasteiger partial charge in [-0.15, -0.1) is 0 Å². The highest BCUT2D eigenvalue weighted by molar-refractivity contribution is 6.32. The van der Waals surface area contributed by atoms with Crippen molar-refractivity contribution in [3.05, 3.63) is 22.7 Å². The number of nitrogens with two attached hydrogens (primary N) is 1. The molecule has 1 aliphatic rings. The van der Waals surface area contributed by atoms with Crippen LogP contribution < -0.4 is 20.5 Å². The smallest absolute Gasteiger partial charge is 0.218 e. The lowest BCUT2D eigenvalue weighted by Gasteiger charge is -2.12. The van der Waals surface area contributed by atoms with E-state index in [0.29, 0.717) is 49.2 Å². The predicted molar refractivity (Wildman–Crippen MR) is 72.6 cm³/mol. The van der Waals surface area contributed by atoms with Gasteiger partial charge in [-0.25, -0.2) is 0 Å². The number of benzene rings is 1. The maximum atomic E-state index is 10.6. The molecule has 0 spiro atoms. The van der Waals surface area contributed by atoms with Gasteiger partial charge in [-0.1, -0.05) is 11.6 Å². The molecule has 0 fully saturated rings. The lowest BCUT2D eigenvalue weighted by Crippen LogP contribution is -2.21. The van der Waals surface area contributed by atoms with Gasteiger partial charge in [0.2, 0.25) is 5.91 Å². The summed E-state index contributed by atoms with van der Waals surface area (Å²) >= 11 is 6.18. The fourth-order valence-corrected chi connectivity index (χ4v) is 2.12. The minimum atomic E-state index is -0.316. The van der Waals surface area contributed by atoms with E-state index in [9.17, 15) is 4.79 Å². The Morgan fingerprint density at radius 2 is 2.16 bits per heavy atom. The van der Waals surface area contributed by atoms with Crippen molar-refractivity contribution in [2.24, 2.45) is 5.73 Å². The molecule has 0 bridgehead atoms. The van der Waals surface area contributed by atoms with Crippen LogP contribution in [0.1, 0.15) is 18.4 Å². The third kappa shape index (κ3) is 4.01. The van der Waals surface area contributed by atoms with Crippen molar-refractivity contribution in [1.29, 1.82) is 0 Å². The Kier molecular flexibility index (Phi) is 4.87. The fraction of sp³-hybridized carbons (Fsp3) is 0.462. The molecule has 0 unspecified atom stereocenters. The third-order valence-corrected chi connectivity index (χ3v) is 3.02. The van der Waals surface area contributed by atoms with Gasteiger partial charge in [-0.2, -0.15) is 0 Å². The fourth-order valence-electron chi connectivity index (χ4n) is 1.83. The summed E-state index contributed by atoms with van der Waals surface area (Å²) in [7, 11) is 0. The molecule has 1 aromatic carbocycles. The third-order valence-electron chi connectivity index (χ3n) is 2.74. The first-order valence-corrected chi connectivity index (χ1v) is 6.61. The number of hydrogen-bond acceptors (Lipinski definition) is 4. The van der Waals surface area contributed by atoms with Crippen LogP contribution in [0.3, 0.4) is 0 Å². The highest BCUT2D eigenvalue weighted by atomic mass is 35.5. The van der Waals surface area contributed by atoms with Crippen LogP contribution in [0.5, 0.6) is 11.5 Å². The zero-order valence-electron chi connectivity index (χ0n) is 10.6. The molecule has 0 atom stereocenters. The number of carbonyl (C=O) groups is 1. The summed E-state index contributed by atoms with van der Waals surface area (Å²) in [4.78, 5) is 10.6. The molecule has 0 aliphatic carbocycles. The molecule has 19 heavy (non-hydrogen) atoms. The summed E-state index contributed by atoms with van der Waals surface area (Å²) in [6.07, 6.45) is 1.16. The molecule has 0 aromatic heterocycles. The van der Waals surface area contributed by atoms with Crippen molar-refractivity contribution in [3.63, 3.8) is 0 Å². The second-order valence-electron chi connectivity index (χ2n) is 4.35. The number of carbonyl (C=O) groups excluding carboxylic acids is 1. The summed E-state index contributed by atoms with van der Waals surface area (Å²) in [5, 5.41) is 3.67. The monoisotopic (exact) mass is 284 g/mol. The Bertz CT molecular complexity index is 465. The topological polar surface area (TPSA) is 73.6 Å². The summed E-state index contributed by atoms with van der Waals surface area (Å²) in [6, 6.07) is 3.75. The Balaban J connectivity index is 2.00. The second kappa shape index (κ2) is 6.63. The number of amides is 1. The highest BCUT2D eigenvalue weighted by Crippen LogP contribution is 2.37. The van der Waals surface area contributed by atoms with E-state index < -0.39 is 0 Å². The summed E-state index contributed by atoms with van der Waals surface area (Å²) in [5.41, 5.74) is 6.05. The molecule has 6 heteroatoms. The van der Waals surface area contributed by atoms with Gasteiger partial charge in [0.05, 0.1) is 18.2 Å². The number of primary amides is 1. The van der Waals surface area contributed by atoms with Crippen LogP contribution in [-0.2, 0) is 11.3 Å². The first kappa shape index (κ1) is 14.0. The first-order valence-electron chi connectivity index (χ1n) is 6.24. The predicted octanol–water partition coefficient (Wildman–Crippen LogP) is 1.47. The molecule has 0 saturated heterocycles. The van der Waals surface area contributed by atoms with Crippen LogP contribution in [0.25, 0.3) is 0 Å². The minimum Gasteiger partial charge on any atom is -0.489 e. The van der Waals surface area contributed by atoms with Crippen LogP contribution >= 0.6 is 11.6 Å². The van der Waals surface area contributed by atoms with Gasteiger partial charge in [0, 0.05) is 25.9 Å².